The zero-order chi connectivity index (χ0) is 16.6. The monoisotopic (exact) mass is 374 g/mol. The molecule has 1 aromatic carbocycles. The van der Waals surface area contributed by atoms with E-state index in [2.05, 4.69) is 84.2 Å². The number of hydrogen-bond acceptors (Lipinski definition) is 2. The lowest BCUT2D eigenvalue weighted by Gasteiger charge is -2.33. The molecule has 1 N–H and O–H groups in total. The highest BCUT2D eigenvalue weighted by molar-refractivity contribution is 9.10. The van der Waals surface area contributed by atoms with E-state index in [0.717, 1.165) is 24.0 Å². The van der Waals surface area contributed by atoms with Gasteiger partial charge >= 0.3 is 0 Å². The number of hydrogen-bond donors (Lipinski definition) is 1. The molecule has 1 aromatic rings. The Kier molecular flexibility index (Phi) is 4.70. The Balaban J connectivity index is 2.06. The molecule has 0 saturated carbocycles. The van der Waals surface area contributed by atoms with Gasteiger partial charge in [-0.15, -0.1) is 0 Å². The number of allylic oxidation sites excluding steroid dienone is 3. The fraction of sp³-hybridized carbons (Fsp3) is 0.500. The minimum absolute atomic E-state index is 0.211. The molecule has 124 valence electrons. The molecule has 0 bridgehead atoms. The van der Waals surface area contributed by atoms with E-state index >= 15 is 0 Å². The number of halogens is 1. The van der Waals surface area contributed by atoms with Crippen LogP contribution >= 0.6 is 15.9 Å². The maximum absolute atomic E-state index is 3.78. The van der Waals surface area contributed by atoms with E-state index in [4.69, 9.17) is 0 Å². The van der Waals surface area contributed by atoms with E-state index in [-0.39, 0.29) is 5.41 Å². The predicted molar refractivity (Wildman–Crippen MR) is 103 cm³/mol. The zero-order valence-electron chi connectivity index (χ0n) is 14.6. The first-order chi connectivity index (χ1) is 10.9. The summed E-state index contributed by atoms with van der Waals surface area (Å²) < 4.78 is 1.16. The van der Waals surface area contributed by atoms with Crippen molar-refractivity contribution >= 4 is 21.6 Å². The average molecular weight is 375 g/mol. The molecule has 3 heteroatoms. The highest BCUT2D eigenvalue weighted by atomic mass is 79.9. The van der Waals surface area contributed by atoms with Crippen molar-refractivity contribution in [2.45, 2.75) is 52.1 Å². The van der Waals surface area contributed by atoms with Gasteiger partial charge in [0.05, 0.1) is 6.17 Å². The quantitative estimate of drug-likeness (QED) is 0.733. The van der Waals surface area contributed by atoms with Crippen molar-refractivity contribution in [3.05, 3.63) is 51.5 Å². The van der Waals surface area contributed by atoms with Crippen molar-refractivity contribution in [1.29, 1.82) is 0 Å². The van der Waals surface area contributed by atoms with E-state index in [0.29, 0.717) is 6.17 Å². The molecule has 0 aliphatic carbocycles. The lowest BCUT2D eigenvalue weighted by atomic mass is 9.76. The summed E-state index contributed by atoms with van der Waals surface area (Å²) in [5.74, 6) is 0. The summed E-state index contributed by atoms with van der Waals surface area (Å²) in [4.78, 5) is 2.55. The van der Waals surface area contributed by atoms with Crippen LogP contribution in [-0.4, -0.2) is 19.3 Å². The molecule has 0 amide bonds. The Morgan fingerprint density at radius 2 is 2.00 bits per heavy atom. The molecular weight excluding hydrogens is 348 g/mol. The number of nitrogens with one attached hydrogen (secondary N) is 1. The second kappa shape index (κ2) is 6.45. The van der Waals surface area contributed by atoms with Crippen molar-refractivity contribution in [1.82, 2.24) is 5.32 Å². The molecule has 0 radical (unpaired) electrons. The normalized spacial score (nSPS) is 25.1. The maximum Gasteiger partial charge on any atom is 0.0901 e. The average Bonchev–Trinajstić information content (AvgIpc) is 2.99. The van der Waals surface area contributed by atoms with Gasteiger partial charge in [0.25, 0.3) is 0 Å². The van der Waals surface area contributed by atoms with E-state index in [1.54, 1.807) is 0 Å². The van der Waals surface area contributed by atoms with Crippen molar-refractivity contribution in [3.8, 4) is 0 Å². The van der Waals surface area contributed by atoms with Gasteiger partial charge < -0.3 is 4.90 Å². The van der Waals surface area contributed by atoms with E-state index in [1.165, 1.54) is 28.8 Å². The van der Waals surface area contributed by atoms with Gasteiger partial charge in [-0.2, -0.15) is 0 Å². The zero-order valence-corrected chi connectivity index (χ0v) is 16.2. The highest BCUT2D eigenvalue weighted by Gasteiger charge is 2.52. The van der Waals surface area contributed by atoms with E-state index < -0.39 is 0 Å². The van der Waals surface area contributed by atoms with Crippen LogP contribution in [0.15, 0.2) is 46.0 Å². The fourth-order valence-corrected chi connectivity index (χ4v) is 4.30. The van der Waals surface area contributed by atoms with Gasteiger partial charge in [-0.05, 0) is 64.8 Å². The predicted octanol–water partition coefficient (Wildman–Crippen LogP) is 5.15. The van der Waals surface area contributed by atoms with Crippen LogP contribution in [0.4, 0.5) is 5.69 Å². The first kappa shape index (κ1) is 16.8. The molecule has 1 fully saturated rings. The van der Waals surface area contributed by atoms with Crippen molar-refractivity contribution in [3.63, 3.8) is 0 Å². The molecule has 1 saturated heterocycles. The van der Waals surface area contributed by atoms with Gasteiger partial charge in [0.1, 0.15) is 0 Å². The third-order valence-electron chi connectivity index (χ3n) is 5.12. The lowest BCUT2D eigenvalue weighted by molar-refractivity contribution is 0.391. The fourth-order valence-electron chi connectivity index (χ4n) is 3.95. The molecule has 23 heavy (non-hydrogen) atoms. The number of fused-ring (bicyclic) bond motifs is 3. The Bertz CT molecular complexity index is 654. The summed E-state index contributed by atoms with van der Waals surface area (Å²) in [6.07, 6.45) is 7.48. The largest absolute Gasteiger partial charge is 0.351 e. The van der Waals surface area contributed by atoms with Gasteiger partial charge in [-0.1, -0.05) is 45.3 Å². The Morgan fingerprint density at radius 3 is 2.70 bits per heavy atom. The van der Waals surface area contributed by atoms with Crippen molar-refractivity contribution < 1.29 is 0 Å². The molecule has 2 atom stereocenters. The molecule has 0 aromatic heterocycles. The van der Waals surface area contributed by atoms with Crippen molar-refractivity contribution in [2.24, 2.45) is 0 Å². The summed E-state index contributed by atoms with van der Waals surface area (Å²) >= 11 is 3.66. The summed E-state index contributed by atoms with van der Waals surface area (Å²) in [6.45, 7) is 10.8. The van der Waals surface area contributed by atoms with Crippen LogP contribution in [0.5, 0.6) is 0 Å². The van der Waals surface area contributed by atoms with Gasteiger partial charge in [-0.25, -0.2) is 0 Å². The third-order valence-corrected chi connectivity index (χ3v) is 5.61. The van der Waals surface area contributed by atoms with Crippen LogP contribution in [0.3, 0.4) is 0 Å². The molecule has 2 aliphatic heterocycles. The lowest BCUT2D eigenvalue weighted by Crippen LogP contribution is -2.47. The van der Waals surface area contributed by atoms with Gasteiger partial charge in [0.2, 0.25) is 0 Å². The molecular formula is C20H27BrN2. The highest BCUT2D eigenvalue weighted by Crippen LogP contribution is 2.52. The van der Waals surface area contributed by atoms with Gasteiger partial charge in [0, 0.05) is 22.1 Å². The molecule has 2 unspecified atom stereocenters. The van der Waals surface area contributed by atoms with Crippen LogP contribution in [0.25, 0.3) is 0 Å². The summed E-state index contributed by atoms with van der Waals surface area (Å²) in [5.41, 5.74) is 5.89. The Hall–Kier alpha value is -1.06. The number of nitrogens with zero attached hydrogens (tertiary/aromatic N) is 1. The topological polar surface area (TPSA) is 15.3 Å². The maximum atomic E-state index is 3.78. The third kappa shape index (κ3) is 3.01. The Morgan fingerprint density at radius 1 is 1.26 bits per heavy atom. The summed E-state index contributed by atoms with van der Waals surface area (Å²) in [6, 6.07) is 6.82. The van der Waals surface area contributed by atoms with Crippen LogP contribution < -0.4 is 10.2 Å². The van der Waals surface area contributed by atoms with Crippen LogP contribution in [0.1, 0.15) is 46.1 Å². The van der Waals surface area contributed by atoms with E-state index in [1.807, 2.05) is 0 Å². The van der Waals surface area contributed by atoms with Crippen molar-refractivity contribution in [2.75, 3.05) is 18.0 Å². The molecule has 2 aliphatic rings. The molecule has 3 rings (SSSR count). The van der Waals surface area contributed by atoms with Crippen LogP contribution in [-0.2, 0) is 5.41 Å². The Labute approximate surface area is 148 Å². The summed E-state index contributed by atoms with van der Waals surface area (Å²) in [7, 11) is 0. The second-order valence-electron chi connectivity index (χ2n) is 7.34. The molecule has 0 spiro atoms. The minimum Gasteiger partial charge on any atom is -0.351 e. The van der Waals surface area contributed by atoms with Crippen LogP contribution in [0.2, 0.25) is 0 Å². The number of anilines is 1. The van der Waals surface area contributed by atoms with Crippen LogP contribution in [0, 0.1) is 0 Å². The first-order valence-corrected chi connectivity index (χ1v) is 9.30. The smallest absolute Gasteiger partial charge is 0.0901 e. The van der Waals surface area contributed by atoms with Gasteiger partial charge in [-0.3, -0.25) is 5.32 Å². The number of rotatable bonds is 4. The minimum atomic E-state index is 0.211. The number of benzene rings is 1. The SMILES string of the molecule is CC(C)=CCN1c2cc(Br)ccc2C2(CC=C(C)C)CCNC12. The standard InChI is InChI=1S/C20H27BrN2/c1-14(2)7-9-20-10-11-22-19(20)23(12-8-15(3)4)18-13-16(21)5-6-17(18)20/h5-8,13,19,22H,9-12H2,1-4H3. The molecule has 2 heterocycles. The second-order valence-corrected chi connectivity index (χ2v) is 8.26. The summed E-state index contributed by atoms with van der Waals surface area (Å²) in [5, 5.41) is 3.78. The van der Waals surface area contributed by atoms with Gasteiger partial charge in [0.15, 0.2) is 0 Å². The molecule has 2 nitrogen and oxygen atoms in total. The van der Waals surface area contributed by atoms with E-state index in [9.17, 15) is 0 Å². The first-order valence-electron chi connectivity index (χ1n) is 8.51.